The number of halogens is 1. The van der Waals surface area contributed by atoms with E-state index in [1.165, 1.54) is 6.26 Å². The van der Waals surface area contributed by atoms with Crippen LogP contribution in [0.4, 0.5) is 5.69 Å². The van der Waals surface area contributed by atoms with E-state index in [0.29, 0.717) is 24.9 Å². The van der Waals surface area contributed by atoms with Crippen LogP contribution in [0.25, 0.3) is 0 Å². The summed E-state index contributed by atoms with van der Waals surface area (Å²) >= 11 is 0. The van der Waals surface area contributed by atoms with Crippen LogP contribution in [0.3, 0.4) is 0 Å². The normalized spacial score (nSPS) is 16.5. The molecule has 1 unspecified atom stereocenters. The van der Waals surface area contributed by atoms with E-state index in [-0.39, 0.29) is 29.9 Å². The summed E-state index contributed by atoms with van der Waals surface area (Å²) in [5.41, 5.74) is 2.01. The van der Waals surface area contributed by atoms with Crippen LogP contribution in [0.5, 0.6) is 0 Å². The van der Waals surface area contributed by atoms with Crippen molar-refractivity contribution in [1.29, 1.82) is 0 Å². The van der Waals surface area contributed by atoms with Crippen LogP contribution in [0.1, 0.15) is 42.3 Å². The maximum Gasteiger partial charge on any atom is 0.287 e. The van der Waals surface area contributed by atoms with Crippen molar-refractivity contribution in [2.24, 2.45) is 12.0 Å². The number of nitrogens with one attached hydrogen (secondary N) is 3. The zero-order valence-corrected chi connectivity index (χ0v) is 20.9. The van der Waals surface area contributed by atoms with Gasteiger partial charge in [0.25, 0.3) is 5.91 Å². The first kappa shape index (κ1) is 25.0. The van der Waals surface area contributed by atoms with Crippen molar-refractivity contribution >= 4 is 41.5 Å². The lowest BCUT2D eigenvalue weighted by Crippen LogP contribution is -2.51. The Bertz CT molecular complexity index is 848. The second-order valence-corrected chi connectivity index (χ2v) is 7.60. The molecule has 1 aliphatic heterocycles. The minimum atomic E-state index is -0.177. The van der Waals surface area contributed by atoms with Gasteiger partial charge in [-0.05, 0) is 39.2 Å². The van der Waals surface area contributed by atoms with Gasteiger partial charge in [-0.3, -0.25) is 14.5 Å². The van der Waals surface area contributed by atoms with Gasteiger partial charge in [0.15, 0.2) is 11.7 Å². The minimum Gasteiger partial charge on any atom is -0.459 e. The second kappa shape index (κ2) is 12.6. The van der Waals surface area contributed by atoms with Gasteiger partial charge in [0.2, 0.25) is 0 Å². The van der Waals surface area contributed by atoms with Crippen LogP contribution < -0.4 is 20.9 Å². The van der Waals surface area contributed by atoms with Crippen molar-refractivity contribution in [2.45, 2.75) is 39.2 Å². The molecule has 0 saturated carbocycles. The predicted molar refractivity (Wildman–Crippen MR) is 133 cm³/mol. The van der Waals surface area contributed by atoms with E-state index in [1.807, 2.05) is 24.9 Å². The largest absolute Gasteiger partial charge is 0.459 e. The molecule has 3 N–H and O–H groups in total. The lowest BCUT2D eigenvalue weighted by atomic mass is 10.1. The molecule has 1 atom stereocenters. The average Bonchev–Trinajstić information content (AvgIpc) is 3.36. The molecule has 172 valence electrons. The smallest absolute Gasteiger partial charge is 0.287 e. The Kier molecular flexibility index (Phi) is 10.2. The predicted octanol–water partition coefficient (Wildman–Crippen LogP) is 2.28. The molecule has 0 radical (unpaired) electrons. The van der Waals surface area contributed by atoms with E-state index in [0.717, 1.165) is 56.1 Å². The van der Waals surface area contributed by atoms with Crippen LogP contribution in [0.2, 0.25) is 0 Å². The lowest BCUT2D eigenvalue weighted by molar-refractivity contribution is 0.0925. The van der Waals surface area contributed by atoms with Crippen molar-refractivity contribution in [2.75, 3.05) is 37.6 Å². The van der Waals surface area contributed by atoms with Crippen molar-refractivity contribution < 1.29 is 9.21 Å². The van der Waals surface area contributed by atoms with Gasteiger partial charge in [-0.2, -0.15) is 5.10 Å². The molecule has 1 amide bonds. The topological polar surface area (TPSA) is 99.7 Å². The molecule has 1 saturated heterocycles. The number of rotatable bonds is 8. The Morgan fingerprint density at radius 1 is 1.39 bits per heavy atom. The van der Waals surface area contributed by atoms with E-state index in [1.54, 1.807) is 6.07 Å². The number of piperidine rings is 1. The van der Waals surface area contributed by atoms with Gasteiger partial charge in [-0.1, -0.05) is 0 Å². The maximum absolute atomic E-state index is 12.1. The Hall–Kier alpha value is -2.24. The number of aryl methyl sites for hydroxylation is 2. The van der Waals surface area contributed by atoms with Gasteiger partial charge in [0, 0.05) is 57.6 Å². The zero-order valence-electron chi connectivity index (χ0n) is 18.6. The number of nitrogens with zero attached hydrogens (tertiary/aromatic N) is 4. The first-order valence-electron chi connectivity index (χ1n) is 10.7. The first-order valence-corrected chi connectivity index (χ1v) is 10.7. The molecule has 1 aliphatic rings. The monoisotopic (exact) mass is 543 g/mol. The summed E-state index contributed by atoms with van der Waals surface area (Å²) in [6.45, 7) is 7.88. The number of anilines is 1. The van der Waals surface area contributed by atoms with Gasteiger partial charge in [0.05, 0.1) is 18.1 Å². The van der Waals surface area contributed by atoms with Crippen LogP contribution in [0.15, 0.2) is 34.1 Å². The number of amides is 1. The standard InChI is InChI=1S/C21H33N7O2.HI/c1-4-22-21(24-10-6-9-23-20(29)19-16(2)8-12-30-19)26-17-7-5-11-28(14-17)18-13-25-27(3)15-18;/h8,12-13,15,17H,4-7,9-11,14H2,1-3H3,(H,23,29)(H2,22,24,26);1H. The number of hydrogen-bond donors (Lipinski definition) is 3. The Balaban J connectivity index is 0.00000341. The van der Waals surface area contributed by atoms with Crippen molar-refractivity contribution in [3.05, 3.63) is 36.0 Å². The van der Waals surface area contributed by atoms with Gasteiger partial charge in [0.1, 0.15) is 0 Å². The Morgan fingerprint density at radius 2 is 2.23 bits per heavy atom. The number of furan rings is 1. The fraction of sp³-hybridized carbons (Fsp3) is 0.571. The number of aromatic nitrogens is 2. The van der Waals surface area contributed by atoms with E-state index in [2.05, 4.69) is 44.1 Å². The summed E-state index contributed by atoms with van der Waals surface area (Å²) in [5.74, 6) is 1.02. The molecule has 3 rings (SSSR count). The highest BCUT2D eigenvalue weighted by Crippen LogP contribution is 2.18. The van der Waals surface area contributed by atoms with Crippen molar-refractivity contribution in [3.8, 4) is 0 Å². The number of carbonyl (C=O) groups is 1. The van der Waals surface area contributed by atoms with Crippen molar-refractivity contribution in [1.82, 2.24) is 25.7 Å². The van der Waals surface area contributed by atoms with Crippen LogP contribution in [-0.4, -0.2) is 60.4 Å². The van der Waals surface area contributed by atoms with Gasteiger partial charge in [-0.25, -0.2) is 0 Å². The summed E-state index contributed by atoms with van der Waals surface area (Å²) in [7, 11) is 1.94. The van der Waals surface area contributed by atoms with Crippen LogP contribution >= 0.6 is 24.0 Å². The summed E-state index contributed by atoms with van der Waals surface area (Å²) in [5, 5.41) is 14.0. The molecule has 2 aromatic rings. The molecule has 2 aromatic heterocycles. The molecular formula is C21H34IN7O2. The summed E-state index contributed by atoms with van der Waals surface area (Å²) in [6.07, 6.45) is 8.50. The van der Waals surface area contributed by atoms with Gasteiger partial charge < -0.3 is 25.3 Å². The molecular weight excluding hydrogens is 509 g/mol. The van der Waals surface area contributed by atoms with E-state index in [9.17, 15) is 4.79 Å². The van der Waals surface area contributed by atoms with E-state index >= 15 is 0 Å². The number of aliphatic imine (C=N–C) groups is 1. The Labute approximate surface area is 201 Å². The Morgan fingerprint density at radius 3 is 2.90 bits per heavy atom. The summed E-state index contributed by atoms with van der Waals surface area (Å²) in [6, 6.07) is 2.12. The van der Waals surface area contributed by atoms with Crippen molar-refractivity contribution in [3.63, 3.8) is 0 Å². The molecule has 1 fully saturated rings. The van der Waals surface area contributed by atoms with Crippen LogP contribution in [-0.2, 0) is 7.05 Å². The quantitative estimate of drug-likeness (QED) is 0.205. The summed E-state index contributed by atoms with van der Waals surface area (Å²) in [4.78, 5) is 19.1. The highest BCUT2D eigenvalue weighted by molar-refractivity contribution is 14.0. The van der Waals surface area contributed by atoms with E-state index < -0.39 is 0 Å². The SMILES string of the molecule is CCNC(=NCCCNC(=O)c1occc1C)NC1CCCN(c2cnn(C)c2)C1.I. The second-order valence-electron chi connectivity index (χ2n) is 7.60. The lowest BCUT2D eigenvalue weighted by Gasteiger charge is -2.34. The molecule has 0 aliphatic carbocycles. The first-order chi connectivity index (χ1) is 14.6. The third kappa shape index (κ3) is 7.44. The van der Waals surface area contributed by atoms with E-state index in [4.69, 9.17) is 4.42 Å². The summed E-state index contributed by atoms with van der Waals surface area (Å²) < 4.78 is 7.05. The third-order valence-electron chi connectivity index (χ3n) is 5.12. The van der Waals surface area contributed by atoms with Gasteiger partial charge in [-0.15, -0.1) is 24.0 Å². The highest BCUT2D eigenvalue weighted by Gasteiger charge is 2.21. The minimum absolute atomic E-state index is 0. The number of guanidine groups is 1. The third-order valence-corrected chi connectivity index (χ3v) is 5.12. The fourth-order valence-electron chi connectivity index (χ4n) is 3.57. The average molecular weight is 543 g/mol. The molecule has 31 heavy (non-hydrogen) atoms. The molecule has 9 nitrogen and oxygen atoms in total. The van der Waals surface area contributed by atoms with Gasteiger partial charge >= 0.3 is 0 Å². The molecule has 10 heteroatoms. The molecule has 3 heterocycles. The maximum atomic E-state index is 12.1. The zero-order chi connectivity index (χ0) is 21.3. The number of carbonyl (C=O) groups excluding carboxylic acids is 1. The molecule has 0 aromatic carbocycles. The fourth-order valence-corrected chi connectivity index (χ4v) is 3.57. The number of hydrogen-bond acceptors (Lipinski definition) is 5. The molecule has 0 bridgehead atoms. The van der Waals surface area contributed by atoms with Crippen LogP contribution in [0, 0.1) is 6.92 Å². The highest BCUT2D eigenvalue weighted by atomic mass is 127. The molecule has 0 spiro atoms.